The number of alkyl halides is 3. The Morgan fingerprint density at radius 3 is 2.53 bits per heavy atom. The first-order valence-corrected chi connectivity index (χ1v) is 10.4. The number of fused-ring (bicyclic) bond motifs is 1. The van der Waals surface area contributed by atoms with Crippen LogP contribution in [0.1, 0.15) is 23.5 Å². The number of carbonyl (C=O) groups excluding carboxylic acids is 1. The van der Waals surface area contributed by atoms with Gasteiger partial charge < -0.3 is 9.80 Å². The molecule has 1 aromatic carbocycles. The van der Waals surface area contributed by atoms with E-state index in [2.05, 4.69) is 15.2 Å². The van der Waals surface area contributed by atoms with Crippen LogP contribution in [0.4, 0.5) is 35.2 Å². The Labute approximate surface area is 182 Å². The van der Waals surface area contributed by atoms with Crippen molar-refractivity contribution >= 4 is 23.2 Å². The van der Waals surface area contributed by atoms with E-state index in [9.17, 15) is 18.0 Å². The fraction of sp³-hybridized carbons (Fsp3) is 0.318. The summed E-state index contributed by atoms with van der Waals surface area (Å²) in [6, 6.07) is 9.73. The second kappa shape index (κ2) is 7.85. The molecule has 7 nitrogen and oxygen atoms in total. The predicted octanol–water partition coefficient (Wildman–Crippen LogP) is 4.39. The molecule has 166 valence electrons. The number of nitrogens with zero attached hydrogens (tertiary/aromatic N) is 5. The van der Waals surface area contributed by atoms with Crippen LogP contribution in [-0.2, 0) is 6.18 Å². The van der Waals surface area contributed by atoms with Crippen LogP contribution in [0.15, 0.2) is 55.0 Å². The standard InChI is InChI=1S/C22H21F3N6O/c23-22(24,25)17-5-6-20(26-13-17)30-9-10-31(19-4-2-1-3-18(19)30)21(32)29-8-7-15(14-29)16-11-27-28-12-16/h1-6,11-13,15H,7-10,14H2,(H,27,28). The number of aromatic amines is 1. The molecular formula is C22H21F3N6O. The lowest BCUT2D eigenvalue weighted by Gasteiger charge is -2.38. The highest BCUT2D eigenvalue weighted by atomic mass is 19.4. The van der Waals surface area contributed by atoms with Crippen LogP contribution in [0, 0.1) is 0 Å². The Kier molecular flexibility index (Phi) is 4.99. The van der Waals surface area contributed by atoms with Crippen LogP contribution in [0.3, 0.4) is 0 Å². The molecule has 0 aliphatic carbocycles. The lowest BCUT2D eigenvalue weighted by Crippen LogP contribution is -2.48. The number of likely N-dealkylation sites (tertiary alicyclic amines) is 1. The van der Waals surface area contributed by atoms with E-state index in [4.69, 9.17) is 0 Å². The highest BCUT2D eigenvalue weighted by molar-refractivity contribution is 5.98. The van der Waals surface area contributed by atoms with Gasteiger partial charge >= 0.3 is 12.2 Å². The number of hydrogen-bond acceptors (Lipinski definition) is 4. The summed E-state index contributed by atoms with van der Waals surface area (Å²) in [7, 11) is 0. The van der Waals surface area contributed by atoms with Crippen LogP contribution >= 0.6 is 0 Å². The Hall–Kier alpha value is -3.56. The Balaban J connectivity index is 1.37. The number of carbonyl (C=O) groups is 1. The monoisotopic (exact) mass is 442 g/mol. The molecule has 0 radical (unpaired) electrons. The molecule has 1 N–H and O–H groups in total. The second-order valence-electron chi connectivity index (χ2n) is 7.94. The summed E-state index contributed by atoms with van der Waals surface area (Å²) in [5, 5.41) is 6.82. The van der Waals surface area contributed by atoms with Crippen molar-refractivity contribution in [3.8, 4) is 0 Å². The van der Waals surface area contributed by atoms with Crippen molar-refractivity contribution < 1.29 is 18.0 Å². The number of benzene rings is 1. The van der Waals surface area contributed by atoms with E-state index in [-0.39, 0.29) is 11.9 Å². The molecule has 1 fully saturated rings. The molecule has 2 aromatic heterocycles. The van der Waals surface area contributed by atoms with Crippen molar-refractivity contribution in [1.29, 1.82) is 0 Å². The predicted molar refractivity (Wildman–Crippen MR) is 113 cm³/mol. The van der Waals surface area contributed by atoms with Gasteiger partial charge in [0.15, 0.2) is 0 Å². The van der Waals surface area contributed by atoms with E-state index in [1.54, 1.807) is 11.1 Å². The Bertz CT molecular complexity index is 1100. The number of rotatable bonds is 2. The quantitative estimate of drug-likeness (QED) is 0.639. The molecule has 1 unspecified atom stereocenters. The molecule has 2 aliphatic heterocycles. The number of aromatic nitrogens is 3. The van der Waals surface area contributed by atoms with Gasteiger partial charge in [0.05, 0.1) is 23.1 Å². The zero-order chi connectivity index (χ0) is 22.3. The molecule has 2 aliphatic rings. The minimum Gasteiger partial charge on any atom is -0.324 e. The normalized spacial score (nSPS) is 18.7. The number of nitrogens with one attached hydrogen (secondary N) is 1. The summed E-state index contributed by atoms with van der Waals surface area (Å²) in [5.74, 6) is 0.671. The van der Waals surface area contributed by atoms with Crippen molar-refractivity contribution in [3.63, 3.8) is 0 Å². The molecule has 1 atom stereocenters. The first-order valence-electron chi connectivity index (χ1n) is 10.4. The minimum absolute atomic E-state index is 0.0662. The van der Waals surface area contributed by atoms with Crippen molar-refractivity contribution in [2.24, 2.45) is 0 Å². The number of anilines is 3. The van der Waals surface area contributed by atoms with Crippen molar-refractivity contribution in [1.82, 2.24) is 20.1 Å². The summed E-state index contributed by atoms with van der Waals surface area (Å²) in [6.45, 7) is 2.13. The molecule has 4 heterocycles. The van der Waals surface area contributed by atoms with Gasteiger partial charge in [0.2, 0.25) is 0 Å². The zero-order valence-corrected chi connectivity index (χ0v) is 17.1. The lowest BCUT2D eigenvalue weighted by atomic mass is 10.0. The zero-order valence-electron chi connectivity index (χ0n) is 17.1. The Morgan fingerprint density at radius 2 is 1.84 bits per heavy atom. The van der Waals surface area contributed by atoms with Crippen LogP contribution < -0.4 is 9.80 Å². The molecule has 3 aromatic rings. The number of H-pyrrole nitrogens is 1. The van der Waals surface area contributed by atoms with Gasteiger partial charge in [-0.05, 0) is 36.2 Å². The van der Waals surface area contributed by atoms with Crippen LogP contribution in [-0.4, -0.2) is 52.3 Å². The highest BCUT2D eigenvalue weighted by Crippen LogP contribution is 2.39. The number of para-hydroxylation sites is 2. The van der Waals surface area contributed by atoms with E-state index in [1.165, 1.54) is 6.07 Å². The maximum Gasteiger partial charge on any atom is 0.417 e. The van der Waals surface area contributed by atoms with E-state index in [0.717, 1.165) is 35.6 Å². The molecule has 0 spiro atoms. The maximum atomic E-state index is 13.3. The van der Waals surface area contributed by atoms with E-state index in [1.807, 2.05) is 40.3 Å². The third-order valence-electron chi connectivity index (χ3n) is 6.04. The number of halogens is 3. The van der Waals surface area contributed by atoms with Crippen LogP contribution in [0.25, 0.3) is 0 Å². The molecule has 10 heteroatoms. The number of pyridine rings is 1. The lowest BCUT2D eigenvalue weighted by molar-refractivity contribution is -0.137. The van der Waals surface area contributed by atoms with Gasteiger partial charge in [0.25, 0.3) is 0 Å². The Morgan fingerprint density at radius 1 is 1.03 bits per heavy atom. The maximum absolute atomic E-state index is 13.3. The van der Waals surface area contributed by atoms with Crippen molar-refractivity contribution in [3.05, 3.63) is 66.1 Å². The van der Waals surface area contributed by atoms with Crippen LogP contribution in [0.2, 0.25) is 0 Å². The van der Waals surface area contributed by atoms with Gasteiger partial charge in [-0.25, -0.2) is 9.78 Å². The summed E-state index contributed by atoms with van der Waals surface area (Å²) in [4.78, 5) is 22.8. The van der Waals surface area contributed by atoms with Crippen molar-refractivity contribution in [2.45, 2.75) is 18.5 Å². The van der Waals surface area contributed by atoms with Gasteiger partial charge in [0, 0.05) is 44.5 Å². The van der Waals surface area contributed by atoms with E-state index < -0.39 is 11.7 Å². The van der Waals surface area contributed by atoms with Crippen LogP contribution in [0.5, 0.6) is 0 Å². The smallest absolute Gasteiger partial charge is 0.324 e. The molecule has 0 saturated carbocycles. The highest BCUT2D eigenvalue weighted by Gasteiger charge is 2.35. The summed E-state index contributed by atoms with van der Waals surface area (Å²) >= 11 is 0. The van der Waals surface area contributed by atoms with Gasteiger partial charge in [-0.2, -0.15) is 18.3 Å². The first kappa shape index (κ1) is 20.3. The third kappa shape index (κ3) is 3.65. The SMILES string of the molecule is O=C(N1CCC(c2cn[nH]c2)C1)N1CCN(c2ccc(C(F)(F)F)cn2)c2ccccc21. The first-order chi connectivity index (χ1) is 15.4. The third-order valence-corrected chi connectivity index (χ3v) is 6.04. The molecule has 5 rings (SSSR count). The second-order valence-corrected chi connectivity index (χ2v) is 7.94. The fourth-order valence-corrected chi connectivity index (χ4v) is 4.37. The molecule has 1 saturated heterocycles. The summed E-state index contributed by atoms with van der Waals surface area (Å²) in [5.41, 5.74) is 1.77. The van der Waals surface area contributed by atoms with Crippen molar-refractivity contribution in [2.75, 3.05) is 36.0 Å². The molecule has 32 heavy (non-hydrogen) atoms. The van der Waals surface area contributed by atoms with Gasteiger partial charge in [-0.1, -0.05) is 12.1 Å². The fourth-order valence-electron chi connectivity index (χ4n) is 4.37. The topological polar surface area (TPSA) is 68.4 Å². The van der Waals surface area contributed by atoms with Gasteiger partial charge in [0.1, 0.15) is 5.82 Å². The molecule has 2 amide bonds. The number of hydrogen-bond donors (Lipinski definition) is 1. The van der Waals surface area contributed by atoms with Gasteiger partial charge in [-0.15, -0.1) is 0 Å². The van der Waals surface area contributed by atoms with Gasteiger partial charge in [-0.3, -0.25) is 10.00 Å². The summed E-state index contributed by atoms with van der Waals surface area (Å²) < 4.78 is 38.7. The number of urea groups is 1. The number of amides is 2. The molecule has 0 bridgehead atoms. The summed E-state index contributed by atoms with van der Waals surface area (Å²) in [6.07, 6.45) is 0.949. The van der Waals surface area contributed by atoms with E-state index >= 15 is 0 Å². The van der Waals surface area contributed by atoms with E-state index in [0.29, 0.717) is 32.0 Å². The largest absolute Gasteiger partial charge is 0.417 e. The average Bonchev–Trinajstić information content (AvgIpc) is 3.49. The minimum atomic E-state index is -4.43. The average molecular weight is 442 g/mol. The molecular weight excluding hydrogens is 421 g/mol.